The summed E-state index contributed by atoms with van der Waals surface area (Å²) in [4.78, 5) is 36.7. The fourth-order valence-corrected chi connectivity index (χ4v) is 2.53. The molecule has 0 unspecified atom stereocenters. The van der Waals surface area contributed by atoms with Crippen LogP contribution >= 0.6 is 0 Å². The molecule has 0 aliphatic carbocycles. The lowest BCUT2D eigenvalue weighted by Gasteiger charge is -2.15. The van der Waals surface area contributed by atoms with Crippen LogP contribution in [0.5, 0.6) is 5.75 Å². The second-order valence-corrected chi connectivity index (χ2v) is 5.96. The Bertz CT molecular complexity index is 1110. The van der Waals surface area contributed by atoms with Gasteiger partial charge in [0.05, 0.1) is 5.39 Å². The summed E-state index contributed by atoms with van der Waals surface area (Å²) in [6.45, 7) is 1.41. The second kappa shape index (κ2) is 7.87. The molecule has 0 aliphatic heterocycles. The van der Waals surface area contributed by atoms with E-state index in [1.807, 2.05) is 0 Å². The number of hydrazine groups is 1. The summed E-state index contributed by atoms with van der Waals surface area (Å²) < 4.78 is 19.9. The standard InChI is InChI=1S/C19H17FN4O4/c1-11(28-15-10-6-5-9-14(15)20)17(25)21-22-18(26)16-12-7-3-4-8-13(12)19(27)24(2)23-16/h3-11H,1-2H3,(H,21,25)(H,22,26)/t11-/m1/s1. The Labute approximate surface area is 158 Å². The summed E-state index contributed by atoms with van der Waals surface area (Å²) in [5.41, 5.74) is 4.06. The third kappa shape index (κ3) is 3.83. The maximum absolute atomic E-state index is 13.6. The van der Waals surface area contributed by atoms with E-state index in [-0.39, 0.29) is 17.0 Å². The van der Waals surface area contributed by atoms with Crippen molar-refractivity contribution < 1.29 is 18.7 Å². The van der Waals surface area contributed by atoms with Crippen LogP contribution in [-0.4, -0.2) is 27.7 Å². The van der Waals surface area contributed by atoms with Crippen LogP contribution in [0.4, 0.5) is 4.39 Å². The van der Waals surface area contributed by atoms with Gasteiger partial charge in [-0.05, 0) is 25.1 Å². The number of halogens is 1. The lowest BCUT2D eigenvalue weighted by Crippen LogP contribution is -2.47. The fraction of sp³-hybridized carbons (Fsp3) is 0.158. The number of aryl methyl sites for hydroxylation is 1. The van der Waals surface area contributed by atoms with E-state index in [1.54, 1.807) is 30.3 Å². The normalized spacial score (nSPS) is 11.7. The molecule has 0 fully saturated rings. The van der Waals surface area contributed by atoms with E-state index in [4.69, 9.17) is 4.74 Å². The summed E-state index contributed by atoms with van der Waals surface area (Å²) in [6.07, 6.45) is -1.07. The SMILES string of the molecule is C[C@@H](Oc1ccccc1F)C(=O)NNC(=O)c1nn(C)c(=O)c2ccccc12. The van der Waals surface area contributed by atoms with Crippen molar-refractivity contribution in [1.29, 1.82) is 0 Å². The van der Waals surface area contributed by atoms with Crippen molar-refractivity contribution in [2.75, 3.05) is 0 Å². The Kier molecular flexibility index (Phi) is 5.35. The lowest BCUT2D eigenvalue weighted by atomic mass is 10.1. The van der Waals surface area contributed by atoms with Gasteiger partial charge in [-0.2, -0.15) is 5.10 Å². The Hall–Kier alpha value is -3.75. The highest BCUT2D eigenvalue weighted by Crippen LogP contribution is 2.17. The number of ether oxygens (including phenoxy) is 1. The van der Waals surface area contributed by atoms with E-state index in [1.165, 1.54) is 32.2 Å². The van der Waals surface area contributed by atoms with Gasteiger partial charge in [-0.25, -0.2) is 9.07 Å². The van der Waals surface area contributed by atoms with Crippen LogP contribution in [0.25, 0.3) is 10.8 Å². The number of hydrogen-bond acceptors (Lipinski definition) is 5. The summed E-state index contributed by atoms with van der Waals surface area (Å²) in [6, 6.07) is 12.2. The van der Waals surface area contributed by atoms with Crippen LogP contribution in [0.2, 0.25) is 0 Å². The zero-order valence-corrected chi connectivity index (χ0v) is 15.1. The van der Waals surface area contributed by atoms with E-state index in [0.29, 0.717) is 10.8 Å². The third-order valence-corrected chi connectivity index (χ3v) is 3.98. The Morgan fingerprint density at radius 1 is 1.07 bits per heavy atom. The van der Waals surface area contributed by atoms with Gasteiger partial charge in [0.15, 0.2) is 23.4 Å². The van der Waals surface area contributed by atoms with E-state index in [2.05, 4.69) is 16.0 Å². The summed E-state index contributed by atoms with van der Waals surface area (Å²) in [5, 5.41) is 4.64. The van der Waals surface area contributed by atoms with Crippen LogP contribution in [0.15, 0.2) is 53.3 Å². The number of nitrogens with one attached hydrogen (secondary N) is 2. The molecule has 28 heavy (non-hydrogen) atoms. The average molecular weight is 384 g/mol. The van der Waals surface area contributed by atoms with Crippen molar-refractivity contribution >= 4 is 22.6 Å². The number of aromatic nitrogens is 2. The van der Waals surface area contributed by atoms with Gasteiger partial charge in [0, 0.05) is 12.4 Å². The zero-order chi connectivity index (χ0) is 20.3. The van der Waals surface area contributed by atoms with Crippen LogP contribution in [0, 0.1) is 5.82 Å². The number of carbonyl (C=O) groups excluding carboxylic acids is 2. The van der Waals surface area contributed by atoms with E-state index < -0.39 is 23.7 Å². The summed E-state index contributed by atoms with van der Waals surface area (Å²) in [5.74, 6) is -2.08. The lowest BCUT2D eigenvalue weighted by molar-refractivity contribution is -0.128. The van der Waals surface area contributed by atoms with Gasteiger partial charge in [0.25, 0.3) is 17.4 Å². The van der Waals surface area contributed by atoms with Gasteiger partial charge in [0.1, 0.15) is 0 Å². The minimum absolute atomic E-state index is 0.0272. The topological polar surface area (TPSA) is 102 Å². The Morgan fingerprint density at radius 2 is 1.71 bits per heavy atom. The number of fused-ring (bicyclic) bond motifs is 1. The van der Waals surface area contributed by atoms with Crippen molar-refractivity contribution in [2.24, 2.45) is 7.05 Å². The largest absolute Gasteiger partial charge is 0.478 e. The number of carbonyl (C=O) groups is 2. The monoisotopic (exact) mass is 384 g/mol. The molecular weight excluding hydrogens is 367 g/mol. The molecule has 2 amide bonds. The molecule has 0 aliphatic rings. The van der Waals surface area contributed by atoms with E-state index in [0.717, 1.165) is 4.68 Å². The highest BCUT2D eigenvalue weighted by Gasteiger charge is 2.19. The molecule has 1 aromatic heterocycles. The maximum atomic E-state index is 13.6. The molecule has 9 heteroatoms. The van der Waals surface area contributed by atoms with Crippen molar-refractivity contribution in [3.05, 3.63) is 70.4 Å². The minimum atomic E-state index is -1.07. The predicted molar refractivity (Wildman–Crippen MR) is 99.1 cm³/mol. The molecule has 3 rings (SSSR count). The van der Waals surface area contributed by atoms with Crippen LogP contribution in [-0.2, 0) is 11.8 Å². The molecule has 144 valence electrons. The molecule has 3 aromatic rings. The zero-order valence-electron chi connectivity index (χ0n) is 15.1. The number of para-hydroxylation sites is 1. The molecule has 0 spiro atoms. The molecule has 1 heterocycles. The Balaban J connectivity index is 1.71. The van der Waals surface area contributed by atoms with Gasteiger partial charge < -0.3 is 4.74 Å². The molecule has 2 N–H and O–H groups in total. The first kappa shape index (κ1) is 19.0. The summed E-state index contributed by atoms with van der Waals surface area (Å²) >= 11 is 0. The number of nitrogens with zero attached hydrogens (tertiary/aromatic N) is 2. The molecule has 0 bridgehead atoms. The predicted octanol–water partition coefficient (Wildman–Crippen LogP) is 1.30. The van der Waals surface area contributed by atoms with Crippen LogP contribution in [0.1, 0.15) is 17.4 Å². The van der Waals surface area contributed by atoms with Crippen molar-refractivity contribution in [2.45, 2.75) is 13.0 Å². The number of benzene rings is 2. The molecule has 0 saturated heterocycles. The summed E-state index contributed by atoms with van der Waals surface area (Å²) in [7, 11) is 1.43. The van der Waals surface area contributed by atoms with Gasteiger partial charge in [0.2, 0.25) is 0 Å². The van der Waals surface area contributed by atoms with Crippen molar-refractivity contribution in [1.82, 2.24) is 20.6 Å². The maximum Gasteiger partial charge on any atom is 0.290 e. The average Bonchev–Trinajstić information content (AvgIpc) is 2.70. The third-order valence-electron chi connectivity index (χ3n) is 3.98. The minimum Gasteiger partial charge on any atom is -0.478 e. The van der Waals surface area contributed by atoms with Crippen LogP contribution < -0.4 is 21.1 Å². The van der Waals surface area contributed by atoms with Gasteiger partial charge in [-0.3, -0.25) is 25.2 Å². The molecule has 8 nitrogen and oxygen atoms in total. The highest BCUT2D eigenvalue weighted by molar-refractivity contribution is 6.05. The molecule has 0 radical (unpaired) electrons. The highest BCUT2D eigenvalue weighted by atomic mass is 19.1. The number of hydrogen-bond donors (Lipinski definition) is 2. The molecule has 0 saturated carbocycles. The van der Waals surface area contributed by atoms with Gasteiger partial charge in [-0.15, -0.1) is 0 Å². The first-order chi connectivity index (χ1) is 13.4. The van der Waals surface area contributed by atoms with Gasteiger partial charge in [-0.1, -0.05) is 30.3 Å². The van der Waals surface area contributed by atoms with Crippen molar-refractivity contribution in [3.63, 3.8) is 0 Å². The fourth-order valence-electron chi connectivity index (χ4n) is 2.53. The van der Waals surface area contributed by atoms with E-state index >= 15 is 0 Å². The number of rotatable bonds is 4. The molecule has 2 aromatic carbocycles. The molecular formula is C19H17FN4O4. The number of amides is 2. The quantitative estimate of drug-likeness (QED) is 0.660. The second-order valence-electron chi connectivity index (χ2n) is 5.96. The Morgan fingerprint density at radius 3 is 2.43 bits per heavy atom. The molecule has 1 atom stereocenters. The van der Waals surface area contributed by atoms with E-state index in [9.17, 15) is 18.8 Å². The first-order valence-corrected chi connectivity index (χ1v) is 8.36. The smallest absolute Gasteiger partial charge is 0.290 e. The van der Waals surface area contributed by atoms with Gasteiger partial charge >= 0.3 is 0 Å². The first-order valence-electron chi connectivity index (χ1n) is 8.36. The van der Waals surface area contributed by atoms with Crippen molar-refractivity contribution in [3.8, 4) is 5.75 Å². The van der Waals surface area contributed by atoms with Crippen LogP contribution in [0.3, 0.4) is 0 Å².